The first-order valence-electron chi connectivity index (χ1n) is 8.87. The lowest BCUT2D eigenvalue weighted by molar-refractivity contribution is -0.128. The Labute approximate surface area is 156 Å². The van der Waals surface area contributed by atoms with E-state index < -0.39 is 5.54 Å². The van der Waals surface area contributed by atoms with E-state index in [0.29, 0.717) is 11.6 Å². The van der Waals surface area contributed by atoms with E-state index in [-0.39, 0.29) is 11.9 Å². The lowest BCUT2D eigenvalue weighted by atomic mass is 10.2. The van der Waals surface area contributed by atoms with E-state index in [9.17, 15) is 9.59 Å². The highest BCUT2D eigenvalue weighted by atomic mass is 35.5. The van der Waals surface area contributed by atoms with Crippen LogP contribution in [0.1, 0.15) is 32.1 Å². The van der Waals surface area contributed by atoms with Gasteiger partial charge in [0.05, 0.1) is 5.52 Å². The molecule has 0 bridgehead atoms. The second-order valence-corrected chi connectivity index (χ2v) is 7.28. The minimum Gasteiger partial charge on any atom is -0.369 e. The molecular formula is C18H20ClN5O2. The summed E-state index contributed by atoms with van der Waals surface area (Å²) in [5.41, 5.74) is 0.262. The molecule has 1 saturated carbocycles. The van der Waals surface area contributed by atoms with Gasteiger partial charge in [-0.2, -0.15) is 0 Å². The van der Waals surface area contributed by atoms with Gasteiger partial charge in [-0.05, 0) is 50.3 Å². The Hall–Kier alpha value is -2.41. The average Bonchev–Trinajstić information content (AvgIpc) is 3.36. The summed E-state index contributed by atoms with van der Waals surface area (Å²) in [6.07, 6.45) is 5.72. The average molecular weight is 374 g/mol. The fourth-order valence-electron chi connectivity index (χ4n) is 3.29. The molecule has 2 N–H and O–H groups in total. The maximum absolute atomic E-state index is 12.2. The van der Waals surface area contributed by atoms with Crippen molar-refractivity contribution in [2.75, 3.05) is 18.4 Å². The van der Waals surface area contributed by atoms with Crippen LogP contribution >= 0.6 is 11.6 Å². The molecular weight excluding hydrogens is 354 g/mol. The molecule has 7 nitrogen and oxygen atoms in total. The SMILES string of the molecule is O=C1NC2(CC2)C(=O)N1CCCCCNc1ncnc2cc(Cl)ccc12. The van der Waals surface area contributed by atoms with Crippen LogP contribution in [0.5, 0.6) is 0 Å². The van der Waals surface area contributed by atoms with Crippen LogP contribution in [-0.4, -0.2) is 45.4 Å². The molecule has 1 aromatic carbocycles. The minimum atomic E-state index is -0.546. The number of rotatable bonds is 7. The molecule has 2 fully saturated rings. The molecule has 0 atom stereocenters. The number of hydrogen-bond acceptors (Lipinski definition) is 5. The standard InChI is InChI=1S/C18H20ClN5O2/c19-12-4-5-13-14(10-12)21-11-22-15(13)20-8-2-1-3-9-24-16(25)18(6-7-18)23-17(24)26/h4-5,10-11H,1-3,6-9H2,(H,23,26)(H,20,21,22). The van der Waals surface area contributed by atoms with Gasteiger partial charge < -0.3 is 10.6 Å². The number of nitrogens with zero attached hydrogens (tertiary/aromatic N) is 3. The molecule has 1 spiro atoms. The number of aromatic nitrogens is 2. The summed E-state index contributed by atoms with van der Waals surface area (Å²) < 4.78 is 0. The fraction of sp³-hybridized carbons (Fsp3) is 0.444. The number of halogens is 1. The van der Waals surface area contributed by atoms with Gasteiger partial charge in [-0.3, -0.25) is 9.69 Å². The number of carbonyl (C=O) groups is 2. The smallest absolute Gasteiger partial charge is 0.325 e. The molecule has 136 valence electrons. The Bertz CT molecular complexity index is 868. The highest BCUT2D eigenvalue weighted by Gasteiger charge is 2.59. The Morgan fingerprint density at radius 3 is 2.81 bits per heavy atom. The topological polar surface area (TPSA) is 87.2 Å². The van der Waals surface area contributed by atoms with Gasteiger partial charge in [0.25, 0.3) is 5.91 Å². The second-order valence-electron chi connectivity index (χ2n) is 6.84. The Balaban J connectivity index is 1.23. The monoisotopic (exact) mass is 373 g/mol. The van der Waals surface area contributed by atoms with Crippen LogP contribution in [0.15, 0.2) is 24.5 Å². The van der Waals surface area contributed by atoms with Crippen molar-refractivity contribution >= 4 is 40.3 Å². The minimum absolute atomic E-state index is 0.0493. The maximum Gasteiger partial charge on any atom is 0.325 e. The molecule has 0 radical (unpaired) electrons. The highest BCUT2D eigenvalue weighted by molar-refractivity contribution is 6.31. The van der Waals surface area contributed by atoms with Crippen molar-refractivity contribution in [3.63, 3.8) is 0 Å². The van der Waals surface area contributed by atoms with Crippen molar-refractivity contribution in [1.82, 2.24) is 20.2 Å². The van der Waals surface area contributed by atoms with Gasteiger partial charge >= 0.3 is 6.03 Å². The number of urea groups is 1. The van der Waals surface area contributed by atoms with Gasteiger partial charge in [-0.15, -0.1) is 0 Å². The van der Waals surface area contributed by atoms with E-state index in [0.717, 1.165) is 55.4 Å². The van der Waals surface area contributed by atoms with E-state index >= 15 is 0 Å². The normalized spacial score (nSPS) is 17.8. The zero-order valence-electron chi connectivity index (χ0n) is 14.3. The molecule has 3 amide bonds. The first kappa shape index (κ1) is 17.0. The third-order valence-electron chi connectivity index (χ3n) is 4.95. The van der Waals surface area contributed by atoms with Gasteiger partial charge in [0.2, 0.25) is 0 Å². The van der Waals surface area contributed by atoms with Crippen molar-refractivity contribution in [3.8, 4) is 0 Å². The molecule has 1 aliphatic heterocycles. The summed E-state index contributed by atoms with van der Waals surface area (Å²) in [4.78, 5) is 33.9. The van der Waals surface area contributed by atoms with Crippen molar-refractivity contribution in [2.24, 2.45) is 0 Å². The lowest BCUT2D eigenvalue weighted by Gasteiger charge is -2.13. The largest absolute Gasteiger partial charge is 0.369 e. The third-order valence-corrected chi connectivity index (χ3v) is 5.18. The second kappa shape index (κ2) is 6.72. The van der Waals surface area contributed by atoms with Gasteiger partial charge in [-0.25, -0.2) is 14.8 Å². The number of anilines is 1. The number of imide groups is 1. The van der Waals surface area contributed by atoms with Crippen LogP contribution in [0.2, 0.25) is 5.02 Å². The number of amides is 3. The molecule has 2 heterocycles. The number of nitrogens with one attached hydrogen (secondary N) is 2. The predicted molar refractivity (Wildman–Crippen MR) is 99.1 cm³/mol. The number of carbonyl (C=O) groups excluding carboxylic acids is 2. The van der Waals surface area contributed by atoms with Crippen molar-refractivity contribution in [1.29, 1.82) is 0 Å². The fourth-order valence-corrected chi connectivity index (χ4v) is 3.46. The molecule has 2 aliphatic rings. The van der Waals surface area contributed by atoms with Gasteiger partial charge in [0, 0.05) is 23.5 Å². The number of unbranched alkanes of at least 4 members (excludes halogenated alkanes) is 2. The van der Waals surface area contributed by atoms with E-state index in [1.807, 2.05) is 18.2 Å². The van der Waals surface area contributed by atoms with Crippen LogP contribution in [0, 0.1) is 0 Å². The molecule has 0 unspecified atom stereocenters. The van der Waals surface area contributed by atoms with Crippen molar-refractivity contribution in [3.05, 3.63) is 29.5 Å². The molecule has 1 saturated heterocycles. The first-order chi connectivity index (χ1) is 12.6. The quantitative estimate of drug-likeness (QED) is 0.575. The maximum atomic E-state index is 12.2. The molecule has 2 aromatic rings. The summed E-state index contributed by atoms with van der Waals surface area (Å²) >= 11 is 5.99. The number of hydrogen-bond donors (Lipinski definition) is 2. The van der Waals surface area contributed by atoms with E-state index in [1.54, 1.807) is 0 Å². The van der Waals surface area contributed by atoms with Crippen molar-refractivity contribution < 1.29 is 9.59 Å². The first-order valence-corrected chi connectivity index (χ1v) is 9.25. The Morgan fingerprint density at radius 1 is 1.19 bits per heavy atom. The summed E-state index contributed by atoms with van der Waals surface area (Å²) in [6, 6.07) is 5.31. The van der Waals surface area contributed by atoms with Crippen molar-refractivity contribution in [2.45, 2.75) is 37.6 Å². The van der Waals surface area contributed by atoms with Crippen LogP contribution in [0.25, 0.3) is 10.9 Å². The molecule has 1 aromatic heterocycles. The number of benzene rings is 1. The van der Waals surface area contributed by atoms with E-state index in [1.165, 1.54) is 11.2 Å². The van der Waals surface area contributed by atoms with Crippen LogP contribution < -0.4 is 10.6 Å². The molecule has 26 heavy (non-hydrogen) atoms. The van der Waals surface area contributed by atoms with Crippen LogP contribution in [0.3, 0.4) is 0 Å². The van der Waals surface area contributed by atoms with Crippen LogP contribution in [-0.2, 0) is 4.79 Å². The summed E-state index contributed by atoms with van der Waals surface area (Å²) in [6.45, 7) is 1.25. The Morgan fingerprint density at radius 2 is 2.04 bits per heavy atom. The predicted octanol–water partition coefficient (Wildman–Crippen LogP) is 2.95. The van der Waals surface area contributed by atoms with Gasteiger partial charge in [0.1, 0.15) is 17.7 Å². The number of fused-ring (bicyclic) bond motifs is 1. The molecule has 4 rings (SSSR count). The van der Waals surface area contributed by atoms with E-state index in [2.05, 4.69) is 20.6 Å². The zero-order chi connectivity index (χ0) is 18.1. The highest BCUT2D eigenvalue weighted by Crippen LogP contribution is 2.40. The molecule has 8 heteroatoms. The van der Waals surface area contributed by atoms with Gasteiger partial charge in [0.15, 0.2) is 0 Å². The summed E-state index contributed by atoms with van der Waals surface area (Å²) in [5.74, 6) is 0.739. The Kier molecular flexibility index (Phi) is 4.40. The summed E-state index contributed by atoms with van der Waals surface area (Å²) in [7, 11) is 0. The molecule has 1 aliphatic carbocycles. The van der Waals surface area contributed by atoms with Gasteiger partial charge in [-0.1, -0.05) is 11.6 Å². The summed E-state index contributed by atoms with van der Waals surface area (Å²) in [5, 5.41) is 7.71. The van der Waals surface area contributed by atoms with Crippen LogP contribution in [0.4, 0.5) is 10.6 Å². The lowest BCUT2D eigenvalue weighted by Crippen LogP contribution is -2.33. The van der Waals surface area contributed by atoms with E-state index in [4.69, 9.17) is 11.6 Å². The third kappa shape index (κ3) is 3.19. The zero-order valence-corrected chi connectivity index (χ0v) is 15.1.